The molecule has 0 saturated carbocycles. The fourth-order valence-electron chi connectivity index (χ4n) is 2.74. The van der Waals surface area contributed by atoms with Crippen LogP contribution in [0.3, 0.4) is 0 Å². The topological polar surface area (TPSA) is 29.5 Å². The molecule has 0 amide bonds. The summed E-state index contributed by atoms with van der Waals surface area (Å²) in [4.78, 5) is 0.618. The summed E-state index contributed by atoms with van der Waals surface area (Å²) in [6.45, 7) is 9.70. The molecule has 1 saturated heterocycles. The Bertz CT molecular complexity index is 439. The van der Waals surface area contributed by atoms with Gasteiger partial charge in [-0.25, -0.2) is 0 Å². The van der Waals surface area contributed by atoms with Crippen LogP contribution in [0.4, 0.5) is 0 Å². The number of hydrogen-bond donors (Lipinski definition) is 1. The van der Waals surface area contributed by atoms with Crippen molar-refractivity contribution < 1.29 is 9.84 Å². The molecule has 1 aromatic rings. The van der Waals surface area contributed by atoms with Crippen molar-refractivity contribution in [2.75, 3.05) is 6.61 Å². The summed E-state index contributed by atoms with van der Waals surface area (Å²) in [6, 6.07) is 8.38. The third-order valence-electron chi connectivity index (χ3n) is 3.83. The molecule has 0 spiro atoms. The first-order valence-corrected chi connectivity index (χ1v) is 9.33. The van der Waals surface area contributed by atoms with Gasteiger partial charge in [-0.05, 0) is 0 Å². The SMILES string of the molecule is CC[C@H](O)c1ccccc1[Se][C@@H]1CCO[C@H]1C(C)(C)C. The Morgan fingerprint density at radius 3 is 2.70 bits per heavy atom. The van der Waals surface area contributed by atoms with E-state index in [2.05, 4.69) is 39.0 Å². The van der Waals surface area contributed by atoms with Crippen LogP contribution in [0, 0.1) is 5.41 Å². The zero-order chi connectivity index (χ0) is 14.8. The van der Waals surface area contributed by atoms with Gasteiger partial charge in [0.2, 0.25) is 0 Å². The minimum absolute atomic E-state index is 0.196. The third kappa shape index (κ3) is 3.65. The van der Waals surface area contributed by atoms with Gasteiger partial charge in [0, 0.05) is 0 Å². The maximum atomic E-state index is 10.2. The summed E-state index contributed by atoms with van der Waals surface area (Å²) in [5, 5.41) is 10.2. The van der Waals surface area contributed by atoms with Gasteiger partial charge in [-0.1, -0.05) is 0 Å². The first-order valence-electron chi connectivity index (χ1n) is 7.48. The zero-order valence-corrected chi connectivity index (χ0v) is 14.6. The van der Waals surface area contributed by atoms with E-state index in [-0.39, 0.29) is 11.5 Å². The van der Waals surface area contributed by atoms with Crippen molar-refractivity contribution in [3.8, 4) is 0 Å². The number of rotatable bonds is 4. The molecule has 1 fully saturated rings. The minimum atomic E-state index is -0.330. The number of aliphatic hydroxyl groups excluding tert-OH is 1. The van der Waals surface area contributed by atoms with E-state index in [4.69, 9.17) is 4.74 Å². The normalized spacial score (nSPS) is 24.9. The van der Waals surface area contributed by atoms with E-state index in [9.17, 15) is 5.11 Å². The molecule has 1 N–H and O–H groups in total. The average molecular weight is 341 g/mol. The van der Waals surface area contributed by atoms with Gasteiger partial charge in [0.1, 0.15) is 0 Å². The van der Waals surface area contributed by atoms with E-state index < -0.39 is 0 Å². The Balaban J connectivity index is 2.18. The van der Waals surface area contributed by atoms with Gasteiger partial charge in [0.25, 0.3) is 0 Å². The van der Waals surface area contributed by atoms with Crippen molar-refractivity contribution in [1.82, 2.24) is 0 Å². The predicted octanol–water partition coefficient (Wildman–Crippen LogP) is 3.08. The molecule has 0 radical (unpaired) electrons. The molecule has 0 aliphatic carbocycles. The van der Waals surface area contributed by atoms with Gasteiger partial charge < -0.3 is 0 Å². The molecule has 112 valence electrons. The molecule has 1 aliphatic heterocycles. The standard InChI is InChI=1S/C17H26O2Se/c1-5-13(18)12-8-6-7-9-14(12)20-15-10-11-19-16(15)17(2,3)4/h6-9,13,15-16,18H,5,10-11H2,1-4H3/t13-,15+,16+/m0/s1. The van der Waals surface area contributed by atoms with Gasteiger partial charge in [-0.2, -0.15) is 0 Å². The van der Waals surface area contributed by atoms with E-state index in [1.165, 1.54) is 4.46 Å². The number of hydrogen-bond acceptors (Lipinski definition) is 2. The molecular weight excluding hydrogens is 315 g/mol. The second-order valence-corrected chi connectivity index (χ2v) is 9.25. The van der Waals surface area contributed by atoms with Crippen molar-refractivity contribution >= 4 is 19.4 Å². The Morgan fingerprint density at radius 1 is 1.35 bits per heavy atom. The Kier molecular flexibility index (Phi) is 5.30. The predicted molar refractivity (Wildman–Crippen MR) is 84.6 cm³/mol. The molecular formula is C17H26O2Se. The van der Waals surface area contributed by atoms with Crippen molar-refractivity contribution in [1.29, 1.82) is 0 Å². The average Bonchev–Trinajstić information content (AvgIpc) is 2.86. The fraction of sp³-hybridized carbons (Fsp3) is 0.647. The van der Waals surface area contributed by atoms with Crippen LogP contribution in [0.15, 0.2) is 24.3 Å². The molecule has 0 unspecified atom stereocenters. The Labute approximate surface area is 129 Å². The van der Waals surface area contributed by atoms with Crippen LogP contribution in [-0.4, -0.2) is 32.8 Å². The van der Waals surface area contributed by atoms with Crippen LogP contribution in [0.2, 0.25) is 4.82 Å². The van der Waals surface area contributed by atoms with Crippen molar-refractivity contribution in [2.24, 2.45) is 5.41 Å². The maximum absolute atomic E-state index is 10.2. The summed E-state index contributed by atoms with van der Waals surface area (Å²) in [5.41, 5.74) is 1.32. The van der Waals surface area contributed by atoms with Crippen LogP contribution >= 0.6 is 0 Å². The van der Waals surface area contributed by atoms with Gasteiger partial charge in [-0.15, -0.1) is 0 Å². The first-order chi connectivity index (χ1) is 9.43. The molecule has 0 aromatic heterocycles. The molecule has 1 aromatic carbocycles. The fourth-order valence-corrected chi connectivity index (χ4v) is 6.20. The summed E-state index contributed by atoms with van der Waals surface area (Å²) in [5.74, 6) is 0. The van der Waals surface area contributed by atoms with Crippen LogP contribution in [-0.2, 0) is 4.74 Å². The van der Waals surface area contributed by atoms with Crippen molar-refractivity contribution in [3.05, 3.63) is 29.8 Å². The monoisotopic (exact) mass is 342 g/mol. The van der Waals surface area contributed by atoms with Crippen molar-refractivity contribution in [3.63, 3.8) is 0 Å². The van der Waals surface area contributed by atoms with Crippen LogP contribution in [0.1, 0.15) is 52.2 Å². The van der Waals surface area contributed by atoms with Gasteiger partial charge in [0.15, 0.2) is 0 Å². The van der Waals surface area contributed by atoms with E-state index in [0.717, 1.165) is 25.0 Å². The summed E-state index contributed by atoms with van der Waals surface area (Å²) in [7, 11) is 0. The van der Waals surface area contributed by atoms with Gasteiger partial charge >= 0.3 is 129 Å². The molecule has 20 heavy (non-hydrogen) atoms. The van der Waals surface area contributed by atoms with Gasteiger partial charge in [0.05, 0.1) is 0 Å². The zero-order valence-electron chi connectivity index (χ0n) is 12.9. The van der Waals surface area contributed by atoms with E-state index in [1.807, 2.05) is 13.0 Å². The number of aliphatic hydroxyl groups is 1. The molecule has 0 bridgehead atoms. The Hall–Kier alpha value is -0.341. The van der Waals surface area contributed by atoms with E-state index >= 15 is 0 Å². The number of benzene rings is 1. The first kappa shape index (κ1) is 16.0. The van der Waals surface area contributed by atoms with Crippen LogP contribution in [0.25, 0.3) is 0 Å². The summed E-state index contributed by atoms with van der Waals surface area (Å²) in [6.07, 6.45) is 1.94. The number of ether oxygens (including phenoxy) is 1. The summed E-state index contributed by atoms with van der Waals surface area (Å²) < 4.78 is 7.33. The van der Waals surface area contributed by atoms with Crippen LogP contribution < -0.4 is 4.46 Å². The second kappa shape index (κ2) is 6.61. The molecule has 2 rings (SSSR count). The quantitative estimate of drug-likeness (QED) is 0.853. The second-order valence-electron chi connectivity index (χ2n) is 6.56. The Morgan fingerprint density at radius 2 is 2.05 bits per heavy atom. The third-order valence-corrected chi connectivity index (χ3v) is 6.80. The molecule has 1 heterocycles. The van der Waals surface area contributed by atoms with Gasteiger partial charge in [-0.3, -0.25) is 0 Å². The summed E-state index contributed by atoms with van der Waals surface area (Å²) >= 11 is 0.362. The van der Waals surface area contributed by atoms with Crippen LogP contribution in [0.5, 0.6) is 0 Å². The van der Waals surface area contributed by atoms with E-state index in [0.29, 0.717) is 25.9 Å². The molecule has 1 aliphatic rings. The molecule has 3 atom stereocenters. The van der Waals surface area contributed by atoms with E-state index in [1.54, 1.807) is 0 Å². The molecule has 2 nitrogen and oxygen atoms in total. The molecule has 3 heteroatoms. The van der Waals surface area contributed by atoms with Crippen molar-refractivity contribution in [2.45, 2.75) is 57.6 Å².